The Morgan fingerprint density at radius 2 is 2.10 bits per heavy atom. The van der Waals surface area contributed by atoms with Gasteiger partial charge in [0.15, 0.2) is 0 Å². The summed E-state index contributed by atoms with van der Waals surface area (Å²) in [6.45, 7) is 1.51. The fourth-order valence-electron chi connectivity index (χ4n) is 2.37. The Morgan fingerprint density at radius 3 is 2.75 bits per heavy atom. The van der Waals surface area contributed by atoms with Crippen LogP contribution in [0.4, 0.5) is 5.69 Å². The van der Waals surface area contributed by atoms with Crippen molar-refractivity contribution in [2.24, 2.45) is 4.99 Å². The summed E-state index contributed by atoms with van der Waals surface area (Å²) in [4.78, 5) is 16.1. The summed E-state index contributed by atoms with van der Waals surface area (Å²) in [6.07, 6.45) is 0. The third-order valence-corrected chi connectivity index (χ3v) is 4.21. The highest BCUT2D eigenvalue weighted by Crippen LogP contribution is 2.37. The highest BCUT2D eigenvalue weighted by molar-refractivity contribution is 7.10. The van der Waals surface area contributed by atoms with E-state index in [1.165, 1.54) is 11.3 Å². The maximum atomic E-state index is 11.2. The number of rotatable bonds is 4. The zero-order chi connectivity index (χ0) is 13.9. The van der Waals surface area contributed by atoms with Crippen LogP contribution in [0.25, 0.3) is 0 Å². The van der Waals surface area contributed by atoms with E-state index in [2.05, 4.69) is 10.3 Å². The van der Waals surface area contributed by atoms with Gasteiger partial charge in [-0.2, -0.15) is 0 Å². The molecule has 1 aromatic carbocycles. The molecule has 0 saturated carbocycles. The van der Waals surface area contributed by atoms with Crippen LogP contribution in [0.5, 0.6) is 0 Å². The minimum absolute atomic E-state index is 0.167. The second-order valence-electron chi connectivity index (χ2n) is 4.46. The van der Waals surface area contributed by atoms with Crippen molar-refractivity contribution in [1.29, 1.82) is 0 Å². The summed E-state index contributed by atoms with van der Waals surface area (Å²) in [5, 5.41) is 16.2. The first-order chi connectivity index (χ1) is 9.77. The molecule has 102 valence electrons. The number of nitro groups is 1. The third-order valence-electron chi connectivity index (χ3n) is 3.24. The molecule has 1 aliphatic heterocycles. The molecule has 0 aliphatic carbocycles. The molecule has 0 fully saturated rings. The number of hydrogen-bond acceptors (Lipinski definition) is 5. The van der Waals surface area contributed by atoms with Gasteiger partial charge in [-0.15, -0.1) is 11.3 Å². The van der Waals surface area contributed by atoms with Crippen molar-refractivity contribution in [2.75, 3.05) is 13.1 Å². The van der Waals surface area contributed by atoms with Gasteiger partial charge in [0.05, 0.1) is 22.3 Å². The van der Waals surface area contributed by atoms with Gasteiger partial charge in [-0.05, 0) is 10.9 Å². The molecule has 0 radical (unpaired) electrons. The Hall–Kier alpha value is -2.21. The van der Waals surface area contributed by atoms with E-state index in [4.69, 9.17) is 0 Å². The molecular weight excluding hydrogens is 274 g/mol. The summed E-state index contributed by atoms with van der Waals surface area (Å²) in [5.41, 5.74) is 1.19. The van der Waals surface area contributed by atoms with Gasteiger partial charge in [0.1, 0.15) is 5.84 Å². The largest absolute Gasteiger partial charge is 0.371 e. The average Bonchev–Trinajstić information content (AvgIpc) is 3.12. The zero-order valence-corrected chi connectivity index (χ0v) is 11.5. The lowest BCUT2D eigenvalue weighted by Crippen LogP contribution is -2.26. The lowest BCUT2D eigenvalue weighted by Gasteiger charge is -2.16. The maximum Gasteiger partial charge on any atom is 0.284 e. The van der Waals surface area contributed by atoms with E-state index in [9.17, 15) is 10.1 Å². The van der Waals surface area contributed by atoms with Crippen LogP contribution in [-0.4, -0.2) is 23.8 Å². The summed E-state index contributed by atoms with van der Waals surface area (Å²) < 4.78 is 0. The number of aliphatic imine (C=N–C) groups is 1. The van der Waals surface area contributed by atoms with Crippen LogP contribution in [-0.2, 0) is 0 Å². The van der Waals surface area contributed by atoms with Crippen molar-refractivity contribution in [3.8, 4) is 0 Å². The zero-order valence-electron chi connectivity index (χ0n) is 10.7. The van der Waals surface area contributed by atoms with Crippen LogP contribution in [0.15, 0.2) is 46.8 Å². The number of hydrogen-bond donors (Lipinski definition) is 1. The van der Waals surface area contributed by atoms with E-state index in [0.29, 0.717) is 0 Å². The normalized spacial score (nSPS) is 15.5. The summed E-state index contributed by atoms with van der Waals surface area (Å²) in [6, 6.07) is 11.3. The quantitative estimate of drug-likeness (QED) is 0.694. The first-order valence-corrected chi connectivity index (χ1v) is 7.20. The molecule has 1 aliphatic rings. The minimum Gasteiger partial charge on any atom is -0.371 e. The Kier molecular flexibility index (Phi) is 3.47. The van der Waals surface area contributed by atoms with Crippen LogP contribution in [0.3, 0.4) is 0 Å². The highest BCUT2D eigenvalue weighted by Gasteiger charge is 2.30. The van der Waals surface area contributed by atoms with Gasteiger partial charge >= 0.3 is 0 Å². The predicted molar refractivity (Wildman–Crippen MR) is 79.6 cm³/mol. The monoisotopic (exact) mass is 287 g/mol. The molecule has 0 saturated heterocycles. The fraction of sp³-hybridized carbons (Fsp3) is 0.214. The molecule has 6 heteroatoms. The molecule has 1 unspecified atom stereocenters. The Morgan fingerprint density at radius 1 is 1.30 bits per heavy atom. The molecule has 2 aromatic rings. The van der Waals surface area contributed by atoms with Gasteiger partial charge < -0.3 is 5.32 Å². The number of thiophene rings is 1. The van der Waals surface area contributed by atoms with Crippen molar-refractivity contribution >= 4 is 22.9 Å². The van der Waals surface area contributed by atoms with Crippen molar-refractivity contribution in [2.45, 2.75) is 5.92 Å². The molecule has 5 nitrogen and oxygen atoms in total. The molecule has 20 heavy (non-hydrogen) atoms. The number of benzene rings is 1. The van der Waals surface area contributed by atoms with Gasteiger partial charge in [0, 0.05) is 12.6 Å². The SMILES string of the molecule is O=[N+]([O-])c1ccsc1C(C1=NCCN1)c1ccccc1. The number of nitrogens with zero attached hydrogens (tertiary/aromatic N) is 2. The molecule has 0 bridgehead atoms. The average molecular weight is 287 g/mol. The van der Waals surface area contributed by atoms with E-state index >= 15 is 0 Å². The first-order valence-electron chi connectivity index (χ1n) is 6.32. The maximum absolute atomic E-state index is 11.2. The van der Waals surface area contributed by atoms with Crippen LogP contribution in [0, 0.1) is 10.1 Å². The smallest absolute Gasteiger partial charge is 0.284 e. The second-order valence-corrected chi connectivity index (χ2v) is 5.41. The van der Waals surface area contributed by atoms with Gasteiger partial charge in [-0.3, -0.25) is 15.1 Å². The van der Waals surface area contributed by atoms with Crippen LogP contribution >= 0.6 is 11.3 Å². The topological polar surface area (TPSA) is 67.5 Å². The molecule has 1 aromatic heterocycles. The van der Waals surface area contributed by atoms with Crippen LogP contribution < -0.4 is 5.32 Å². The Balaban J connectivity index is 2.10. The van der Waals surface area contributed by atoms with Gasteiger partial charge in [-0.25, -0.2) is 0 Å². The Bertz CT molecular complexity index is 651. The lowest BCUT2D eigenvalue weighted by atomic mass is 9.95. The standard InChI is InChI=1S/C14H13N3O2S/c18-17(19)11-6-9-20-13(11)12(14-15-7-8-16-14)10-4-2-1-3-5-10/h1-6,9,12H,7-8H2,(H,15,16). The minimum atomic E-state index is -0.322. The van der Waals surface area contributed by atoms with Crippen molar-refractivity contribution < 1.29 is 4.92 Å². The summed E-state index contributed by atoms with van der Waals surface area (Å²) in [7, 11) is 0. The van der Waals surface area contributed by atoms with Gasteiger partial charge in [0.25, 0.3) is 5.69 Å². The van der Waals surface area contributed by atoms with E-state index in [1.54, 1.807) is 11.4 Å². The van der Waals surface area contributed by atoms with Crippen LogP contribution in [0.1, 0.15) is 16.4 Å². The van der Waals surface area contributed by atoms with Gasteiger partial charge in [-0.1, -0.05) is 30.3 Å². The van der Waals surface area contributed by atoms with Crippen molar-refractivity contribution in [1.82, 2.24) is 5.32 Å². The first kappa shape index (κ1) is 12.8. The number of nitrogens with one attached hydrogen (secondary N) is 1. The molecule has 1 atom stereocenters. The molecule has 1 N–H and O–H groups in total. The highest BCUT2D eigenvalue weighted by atomic mass is 32.1. The molecule has 2 heterocycles. The predicted octanol–water partition coefficient (Wildman–Crippen LogP) is 2.79. The molecule has 0 amide bonds. The molecular formula is C14H13N3O2S. The van der Waals surface area contributed by atoms with E-state index in [-0.39, 0.29) is 16.5 Å². The van der Waals surface area contributed by atoms with E-state index in [0.717, 1.165) is 29.4 Å². The molecule has 0 spiro atoms. The Labute approximate surface area is 120 Å². The molecule has 3 rings (SSSR count). The van der Waals surface area contributed by atoms with E-state index < -0.39 is 0 Å². The van der Waals surface area contributed by atoms with Crippen LogP contribution in [0.2, 0.25) is 0 Å². The van der Waals surface area contributed by atoms with E-state index in [1.807, 2.05) is 30.3 Å². The fourth-order valence-corrected chi connectivity index (χ4v) is 3.36. The van der Waals surface area contributed by atoms with Gasteiger partial charge in [0.2, 0.25) is 0 Å². The second kappa shape index (κ2) is 5.42. The lowest BCUT2D eigenvalue weighted by molar-refractivity contribution is -0.385. The van der Waals surface area contributed by atoms with Crippen molar-refractivity contribution in [3.05, 3.63) is 62.3 Å². The van der Waals surface area contributed by atoms with Crippen molar-refractivity contribution in [3.63, 3.8) is 0 Å². The number of amidine groups is 1. The summed E-state index contributed by atoms with van der Waals surface area (Å²) >= 11 is 1.41. The third kappa shape index (κ3) is 2.30. The summed E-state index contributed by atoms with van der Waals surface area (Å²) in [5.74, 6) is 0.640.